The maximum absolute atomic E-state index is 11.6. The summed E-state index contributed by atoms with van der Waals surface area (Å²) in [5.74, 6) is 0.540. The maximum atomic E-state index is 11.6. The summed E-state index contributed by atoms with van der Waals surface area (Å²) in [6.07, 6.45) is 5.39. The molecular formula is C25H27NO3. The van der Waals surface area contributed by atoms with E-state index in [1.807, 2.05) is 12.1 Å². The quantitative estimate of drug-likeness (QED) is 0.564. The van der Waals surface area contributed by atoms with E-state index < -0.39 is 0 Å². The van der Waals surface area contributed by atoms with Crippen LogP contribution in [-0.4, -0.2) is 37.6 Å². The van der Waals surface area contributed by atoms with Gasteiger partial charge < -0.3 is 14.4 Å². The number of carbonyl (C=O) groups is 1. The van der Waals surface area contributed by atoms with Gasteiger partial charge in [-0.3, -0.25) is 0 Å². The van der Waals surface area contributed by atoms with Crippen molar-refractivity contribution < 1.29 is 14.3 Å². The Hall–Kier alpha value is -2.85. The summed E-state index contributed by atoms with van der Waals surface area (Å²) in [5, 5.41) is 0. The van der Waals surface area contributed by atoms with Gasteiger partial charge in [-0.25, -0.2) is 4.79 Å². The Morgan fingerprint density at radius 1 is 1.14 bits per heavy atom. The van der Waals surface area contributed by atoms with Crippen LogP contribution in [0.1, 0.15) is 42.0 Å². The molecule has 4 heteroatoms. The average Bonchev–Trinajstić information content (AvgIpc) is 2.90. The molecule has 2 aromatic carbocycles. The lowest BCUT2D eigenvalue weighted by Gasteiger charge is -2.27. The Morgan fingerprint density at radius 2 is 1.93 bits per heavy atom. The minimum absolute atomic E-state index is 0.329. The van der Waals surface area contributed by atoms with E-state index in [-0.39, 0.29) is 5.97 Å². The van der Waals surface area contributed by atoms with Gasteiger partial charge in [-0.15, -0.1) is 0 Å². The van der Waals surface area contributed by atoms with Gasteiger partial charge in [-0.2, -0.15) is 0 Å². The number of ether oxygens (including phenoxy) is 2. The number of esters is 1. The highest BCUT2D eigenvalue weighted by Crippen LogP contribution is 2.41. The number of fused-ring (bicyclic) bond motifs is 2. The second-order valence-electron chi connectivity index (χ2n) is 7.57. The molecule has 0 saturated carbocycles. The Morgan fingerprint density at radius 3 is 2.72 bits per heavy atom. The van der Waals surface area contributed by atoms with Crippen LogP contribution in [0.15, 0.2) is 54.1 Å². The summed E-state index contributed by atoms with van der Waals surface area (Å²) in [5.41, 5.74) is 7.38. The van der Waals surface area contributed by atoms with Crippen molar-refractivity contribution in [1.29, 1.82) is 0 Å². The largest absolute Gasteiger partial charge is 0.488 e. The molecule has 0 radical (unpaired) electrons. The van der Waals surface area contributed by atoms with E-state index in [2.05, 4.69) is 42.3 Å². The fraction of sp³-hybridized carbons (Fsp3) is 0.320. The zero-order chi connectivity index (χ0) is 20.2. The second kappa shape index (κ2) is 8.66. The SMILES string of the molecule is CCOC(=O)/C=C/c1ccc2c(c1)OCc1ccccc1C2=C1CCN(C)CC1. The van der Waals surface area contributed by atoms with Gasteiger partial charge in [0.1, 0.15) is 12.4 Å². The topological polar surface area (TPSA) is 38.8 Å². The zero-order valence-electron chi connectivity index (χ0n) is 17.1. The molecule has 0 aromatic heterocycles. The monoisotopic (exact) mass is 389 g/mol. The standard InChI is InChI=1S/C25H27NO3/c1-3-28-24(27)11-9-18-8-10-22-23(16-18)29-17-20-6-4-5-7-21(20)25(22)19-12-14-26(2)15-13-19/h4-11,16H,3,12-15,17H2,1-2H3/b11-9+. The summed E-state index contributed by atoms with van der Waals surface area (Å²) in [6, 6.07) is 14.7. The number of carbonyl (C=O) groups excluding carboxylic acids is 1. The van der Waals surface area contributed by atoms with Crippen molar-refractivity contribution >= 4 is 17.6 Å². The first kappa shape index (κ1) is 19.5. The fourth-order valence-electron chi connectivity index (χ4n) is 4.03. The van der Waals surface area contributed by atoms with Gasteiger partial charge in [-0.05, 0) is 61.2 Å². The molecule has 4 rings (SSSR count). The van der Waals surface area contributed by atoms with E-state index in [1.165, 1.54) is 28.3 Å². The van der Waals surface area contributed by atoms with Gasteiger partial charge in [0.2, 0.25) is 0 Å². The summed E-state index contributed by atoms with van der Waals surface area (Å²) in [4.78, 5) is 14.0. The minimum Gasteiger partial charge on any atom is -0.488 e. The van der Waals surface area contributed by atoms with Crippen molar-refractivity contribution in [1.82, 2.24) is 4.90 Å². The molecule has 0 bridgehead atoms. The molecule has 4 nitrogen and oxygen atoms in total. The van der Waals surface area contributed by atoms with E-state index in [0.29, 0.717) is 13.2 Å². The molecule has 0 aliphatic carbocycles. The number of rotatable bonds is 3. The first-order valence-electron chi connectivity index (χ1n) is 10.3. The molecule has 2 aliphatic rings. The zero-order valence-corrected chi connectivity index (χ0v) is 17.1. The number of hydrogen-bond donors (Lipinski definition) is 0. The number of hydrogen-bond acceptors (Lipinski definition) is 4. The Kier molecular flexibility index (Phi) is 5.81. The smallest absolute Gasteiger partial charge is 0.330 e. The molecule has 2 aliphatic heterocycles. The van der Waals surface area contributed by atoms with E-state index in [1.54, 1.807) is 13.0 Å². The Bertz CT molecular complexity index is 964. The molecule has 150 valence electrons. The molecule has 0 spiro atoms. The molecule has 0 amide bonds. The van der Waals surface area contributed by atoms with E-state index in [9.17, 15) is 4.79 Å². The van der Waals surface area contributed by atoms with Crippen molar-refractivity contribution in [3.05, 3.63) is 76.4 Å². The maximum Gasteiger partial charge on any atom is 0.330 e. The van der Waals surface area contributed by atoms with Gasteiger partial charge in [0.15, 0.2) is 0 Å². The number of piperidine rings is 1. The number of benzene rings is 2. The van der Waals surface area contributed by atoms with Crippen LogP contribution in [0.5, 0.6) is 5.75 Å². The molecule has 1 saturated heterocycles. The van der Waals surface area contributed by atoms with Crippen LogP contribution >= 0.6 is 0 Å². The fourth-order valence-corrected chi connectivity index (χ4v) is 4.03. The van der Waals surface area contributed by atoms with Crippen LogP contribution < -0.4 is 4.74 Å². The van der Waals surface area contributed by atoms with Crippen molar-refractivity contribution in [3.8, 4) is 5.75 Å². The highest BCUT2D eigenvalue weighted by atomic mass is 16.5. The van der Waals surface area contributed by atoms with E-state index in [0.717, 1.165) is 42.8 Å². The second-order valence-corrected chi connectivity index (χ2v) is 7.57. The molecule has 2 heterocycles. The minimum atomic E-state index is -0.329. The summed E-state index contributed by atoms with van der Waals surface area (Å²) in [7, 11) is 2.18. The Labute approximate surface area is 172 Å². The van der Waals surface area contributed by atoms with Crippen LogP contribution in [-0.2, 0) is 16.1 Å². The van der Waals surface area contributed by atoms with Crippen molar-refractivity contribution in [2.75, 3.05) is 26.7 Å². The van der Waals surface area contributed by atoms with Crippen LogP contribution in [0, 0.1) is 0 Å². The summed E-state index contributed by atoms with van der Waals surface area (Å²) >= 11 is 0. The molecule has 0 N–H and O–H groups in total. The van der Waals surface area contributed by atoms with Gasteiger partial charge in [-0.1, -0.05) is 42.0 Å². The van der Waals surface area contributed by atoms with Crippen molar-refractivity contribution in [2.24, 2.45) is 0 Å². The molecule has 1 fully saturated rings. The number of nitrogens with zero attached hydrogens (tertiary/aromatic N) is 1. The van der Waals surface area contributed by atoms with Gasteiger partial charge in [0, 0.05) is 24.7 Å². The first-order valence-corrected chi connectivity index (χ1v) is 10.3. The van der Waals surface area contributed by atoms with Gasteiger partial charge in [0.25, 0.3) is 0 Å². The van der Waals surface area contributed by atoms with Crippen LogP contribution in [0.3, 0.4) is 0 Å². The average molecular weight is 389 g/mol. The lowest BCUT2D eigenvalue weighted by Crippen LogP contribution is -2.27. The molecule has 2 aromatic rings. The molecule has 29 heavy (non-hydrogen) atoms. The first-order chi connectivity index (χ1) is 14.2. The molecular weight excluding hydrogens is 362 g/mol. The predicted molar refractivity (Wildman–Crippen MR) is 116 cm³/mol. The molecule has 0 atom stereocenters. The van der Waals surface area contributed by atoms with Gasteiger partial charge in [0.05, 0.1) is 6.61 Å². The highest BCUT2D eigenvalue weighted by Gasteiger charge is 2.24. The van der Waals surface area contributed by atoms with Crippen LogP contribution in [0.4, 0.5) is 0 Å². The third-order valence-electron chi connectivity index (χ3n) is 5.59. The summed E-state index contributed by atoms with van der Waals surface area (Å²) < 4.78 is 11.2. The van der Waals surface area contributed by atoms with Crippen LogP contribution in [0.25, 0.3) is 11.6 Å². The summed E-state index contributed by atoms with van der Waals surface area (Å²) in [6.45, 7) is 4.89. The van der Waals surface area contributed by atoms with Crippen LogP contribution in [0.2, 0.25) is 0 Å². The molecule has 0 unspecified atom stereocenters. The normalized spacial score (nSPS) is 16.8. The third kappa shape index (κ3) is 4.28. The van der Waals surface area contributed by atoms with Crippen molar-refractivity contribution in [2.45, 2.75) is 26.4 Å². The lowest BCUT2D eigenvalue weighted by atomic mass is 9.86. The Balaban J connectivity index is 1.76. The lowest BCUT2D eigenvalue weighted by molar-refractivity contribution is -0.137. The van der Waals surface area contributed by atoms with E-state index >= 15 is 0 Å². The van der Waals surface area contributed by atoms with Crippen molar-refractivity contribution in [3.63, 3.8) is 0 Å². The third-order valence-corrected chi connectivity index (χ3v) is 5.59. The highest BCUT2D eigenvalue weighted by molar-refractivity contribution is 5.89. The van der Waals surface area contributed by atoms with E-state index in [4.69, 9.17) is 9.47 Å². The number of likely N-dealkylation sites (tertiary alicyclic amines) is 1. The predicted octanol–water partition coefficient (Wildman–Crippen LogP) is 4.68. The van der Waals surface area contributed by atoms with Gasteiger partial charge >= 0.3 is 5.97 Å².